The molecule has 36 heavy (non-hydrogen) atoms. The number of aliphatic hydroxyl groups excluding tert-OH is 1. The first-order valence-corrected chi connectivity index (χ1v) is 12.3. The van der Waals surface area contributed by atoms with Gasteiger partial charge in [-0.1, -0.05) is 29.3 Å². The van der Waals surface area contributed by atoms with Gasteiger partial charge in [0.15, 0.2) is 0 Å². The lowest BCUT2D eigenvalue weighted by Gasteiger charge is -2.19. The number of pyridine rings is 1. The van der Waals surface area contributed by atoms with E-state index in [1.54, 1.807) is 0 Å². The van der Waals surface area contributed by atoms with Gasteiger partial charge in [0, 0.05) is 40.7 Å². The van der Waals surface area contributed by atoms with Gasteiger partial charge in [0.05, 0.1) is 24.6 Å². The van der Waals surface area contributed by atoms with E-state index in [9.17, 15) is 19.8 Å². The smallest absolute Gasteiger partial charge is 0.305 e. The zero-order valence-electron chi connectivity index (χ0n) is 19.6. The topological polar surface area (TPSA) is 150 Å². The summed E-state index contributed by atoms with van der Waals surface area (Å²) in [5.74, 6) is -0.858. The van der Waals surface area contributed by atoms with Crippen LogP contribution in [0.5, 0.6) is 0 Å². The summed E-state index contributed by atoms with van der Waals surface area (Å²) < 4.78 is 0. The molecule has 1 aromatic heterocycles. The molecule has 11 heteroatoms. The number of nitrogens with zero attached hydrogens (tertiary/aromatic N) is 2. The van der Waals surface area contributed by atoms with Crippen LogP contribution in [0.4, 0.5) is 5.82 Å². The number of carboxylic acid groups (broad SMARTS) is 1. The molecule has 0 saturated carbocycles. The quantitative estimate of drug-likeness (QED) is 0.169. The third kappa shape index (κ3) is 7.94. The molecule has 1 amide bonds. The molecule has 6 N–H and O–H groups in total. The molecule has 3 rings (SSSR count). The maximum Gasteiger partial charge on any atom is 0.305 e. The monoisotopic (exact) mass is 533 g/mol. The second kappa shape index (κ2) is 13.2. The number of aliphatic imine (C=N–C) groups is 1. The predicted octanol–water partition coefficient (Wildman–Crippen LogP) is 3.29. The van der Waals surface area contributed by atoms with Crippen molar-refractivity contribution in [2.24, 2.45) is 10.7 Å². The van der Waals surface area contributed by atoms with Gasteiger partial charge in [0.25, 0.3) is 5.91 Å². The highest BCUT2D eigenvalue weighted by Crippen LogP contribution is 2.26. The van der Waals surface area contributed by atoms with Crippen LogP contribution in [0, 0.1) is 0 Å². The molecule has 0 fully saturated rings. The van der Waals surface area contributed by atoms with Crippen molar-refractivity contribution < 1.29 is 19.8 Å². The van der Waals surface area contributed by atoms with Gasteiger partial charge in [-0.25, -0.2) is 4.98 Å². The number of carbonyl (C=O) groups excluding carboxylic acids is 1. The van der Waals surface area contributed by atoms with Crippen molar-refractivity contribution >= 4 is 47.1 Å². The number of nitrogens with two attached hydrogens (primary N) is 1. The number of hydrogen-bond donors (Lipinski definition) is 5. The number of aliphatic hydroxyl groups is 1. The zero-order valence-corrected chi connectivity index (χ0v) is 21.1. The molecule has 1 aliphatic rings. The van der Waals surface area contributed by atoms with E-state index in [2.05, 4.69) is 26.7 Å². The van der Waals surface area contributed by atoms with Crippen molar-refractivity contribution in [3.05, 3.63) is 68.5 Å². The highest BCUT2D eigenvalue weighted by Gasteiger charge is 2.22. The third-order valence-electron chi connectivity index (χ3n) is 5.62. The largest absolute Gasteiger partial charge is 0.481 e. The van der Waals surface area contributed by atoms with E-state index in [4.69, 9.17) is 28.9 Å². The summed E-state index contributed by atoms with van der Waals surface area (Å²) in [6.07, 6.45) is 4.43. The van der Waals surface area contributed by atoms with Gasteiger partial charge in [0.2, 0.25) is 0 Å². The van der Waals surface area contributed by atoms with Gasteiger partial charge in [-0.15, -0.1) is 0 Å². The number of carboxylic acids is 1. The van der Waals surface area contributed by atoms with Crippen LogP contribution in [-0.2, 0) is 22.4 Å². The first kappa shape index (κ1) is 27.4. The normalized spacial score (nSPS) is 14.5. The maximum absolute atomic E-state index is 13.0. The fourth-order valence-corrected chi connectivity index (χ4v) is 4.37. The molecular formula is C25H29Cl2N5O4. The molecule has 1 aliphatic heterocycles. The molecule has 0 aliphatic carbocycles. The van der Waals surface area contributed by atoms with E-state index >= 15 is 0 Å². The predicted molar refractivity (Wildman–Crippen MR) is 141 cm³/mol. The molecule has 9 nitrogen and oxygen atoms in total. The second-order valence-corrected chi connectivity index (χ2v) is 9.28. The van der Waals surface area contributed by atoms with Gasteiger partial charge in [0.1, 0.15) is 5.82 Å². The van der Waals surface area contributed by atoms with Crippen LogP contribution in [0.25, 0.3) is 0 Å². The zero-order chi connectivity index (χ0) is 26.1. The number of aryl methyl sites for hydroxylation is 2. The third-order valence-corrected chi connectivity index (χ3v) is 6.06. The summed E-state index contributed by atoms with van der Waals surface area (Å²) in [4.78, 5) is 33.3. The molecule has 1 aromatic carbocycles. The average molecular weight is 534 g/mol. The van der Waals surface area contributed by atoms with E-state index in [-0.39, 0.29) is 11.3 Å². The molecule has 1 unspecified atom stereocenters. The SMILES string of the molecule is NC(CO)=C(C=NCCCc1ccc2c(n1)NCCC2)C(=O)NC(CC(=O)O)c1cc(Cl)cc(Cl)c1. The van der Waals surface area contributed by atoms with Crippen molar-refractivity contribution in [2.45, 2.75) is 38.1 Å². The van der Waals surface area contributed by atoms with Crippen molar-refractivity contribution in [3.63, 3.8) is 0 Å². The standard InChI is InChI=1S/C25H29Cl2N5O4/c26-17-9-16(10-18(27)11-17)22(12-23(34)35)32-25(36)20(21(28)14-33)13-29-7-2-4-19-6-5-15-3-1-8-30-24(15)31-19/h5-6,9-11,13,22,33H,1-4,7-8,12,14,28H2,(H,30,31)(H,32,36)(H,34,35). The molecule has 2 heterocycles. The number of anilines is 1. The van der Waals surface area contributed by atoms with Gasteiger partial charge >= 0.3 is 5.97 Å². The van der Waals surface area contributed by atoms with E-state index in [0.29, 0.717) is 35.0 Å². The Bertz CT molecular complexity index is 1150. The average Bonchev–Trinajstić information content (AvgIpc) is 2.84. The molecule has 0 bridgehead atoms. The summed E-state index contributed by atoms with van der Waals surface area (Å²) in [6, 6.07) is 7.75. The van der Waals surface area contributed by atoms with Crippen LogP contribution >= 0.6 is 23.2 Å². The Morgan fingerprint density at radius 3 is 2.69 bits per heavy atom. The summed E-state index contributed by atoms with van der Waals surface area (Å²) in [6.45, 7) is 0.770. The molecule has 0 radical (unpaired) electrons. The van der Waals surface area contributed by atoms with Crippen molar-refractivity contribution in [3.8, 4) is 0 Å². The van der Waals surface area contributed by atoms with Gasteiger partial charge in [-0.05, 0) is 61.1 Å². The Balaban J connectivity index is 1.64. The minimum Gasteiger partial charge on any atom is -0.481 e. The van der Waals surface area contributed by atoms with E-state index in [1.807, 2.05) is 6.07 Å². The Kier molecular flexibility index (Phi) is 10.1. The lowest BCUT2D eigenvalue weighted by atomic mass is 10.0. The molecule has 2 aromatic rings. The molecular weight excluding hydrogens is 505 g/mol. The summed E-state index contributed by atoms with van der Waals surface area (Å²) in [5, 5.41) is 25.4. The van der Waals surface area contributed by atoms with Crippen LogP contribution in [0.3, 0.4) is 0 Å². The maximum atomic E-state index is 13.0. The fraction of sp³-hybridized carbons (Fsp3) is 0.360. The summed E-state index contributed by atoms with van der Waals surface area (Å²) in [7, 11) is 0. The van der Waals surface area contributed by atoms with Crippen molar-refractivity contribution in [1.29, 1.82) is 0 Å². The van der Waals surface area contributed by atoms with Crippen LogP contribution in [0.1, 0.15) is 42.1 Å². The summed E-state index contributed by atoms with van der Waals surface area (Å²) in [5.41, 5.74) is 8.33. The molecule has 192 valence electrons. The number of nitrogens with one attached hydrogen (secondary N) is 2. The highest BCUT2D eigenvalue weighted by molar-refractivity contribution is 6.34. The van der Waals surface area contributed by atoms with Gasteiger partial charge in [-0.2, -0.15) is 0 Å². The number of aliphatic carboxylic acids is 1. The Labute approximate surface area is 219 Å². The number of halogens is 2. The highest BCUT2D eigenvalue weighted by atomic mass is 35.5. The van der Waals surface area contributed by atoms with Crippen molar-refractivity contribution in [1.82, 2.24) is 10.3 Å². The second-order valence-electron chi connectivity index (χ2n) is 8.40. The first-order chi connectivity index (χ1) is 17.3. The first-order valence-electron chi connectivity index (χ1n) is 11.6. The minimum atomic E-state index is -1.13. The van der Waals surface area contributed by atoms with Crippen LogP contribution in [0.15, 0.2) is 46.6 Å². The lowest BCUT2D eigenvalue weighted by Crippen LogP contribution is -2.33. The van der Waals surface area contributed by atoms with E-state index in [1.165, 1.54) is 30.0 Å². The van der Waals surface area contributed by atoms with Crippen LogP contribution in [0.2, 0.25) is 10.0 Å². The Morgan fingerprint density at radius 1 is 1.25 bits per heavy atom. The number of benzene rings is 1. The van der Waals surface area contributed by atoms with Crippen LogP contribution < -0.4 is 16.4 Å². The van der Waals surface area contributed by atoms with E-state index in [0.717, 1.165) is 30.9 Å². The van der Waals surface area contributed by atoms with Gasteiger partial charge < -0.3 is 26.6 Å². The molecule has 0 spiro atoms. The number of rotatable bonds is 11. The number of fused-ring (bicyclic) bond motifs is 1. The fourth-order valence-electron chi connectivity index (χ4n) is 3.83. The van der Waals surface area contributed by atoms with Crippen molar-refractivity contribution in [2.75, 3.05) is 25.0 Å². The minimum absolute atomic E-state index is 0.0443. The van der Waals surface area contributed by atoms with Gasteiger partial charge in [-0.3, -0.25) is 14.6 Å². The number of hydrogen-bond acceptors (Lipinski definition) is 7. The number of aromatic nitrogens is 1. The molecule has 1 atom stereocenters. The summed E-state index contributed by atoms with van der Waals surface area (Å²) >= 11 is 12.1. The lowest BCUT2D eigenvalue weighted by molar-refractivity contribution is -0.137. The Hall–Kier alpha value is -3.14. The Morgan fingerprint density at radius 2 is 2.00 bits per heavy atom. The number of amides is 1. The van der Waals surface area contributed by atoms with Crippen LogP contribution in [-0.4, -0.2) is 53.0 Å². The number of carbonyl (C=O) groups is 2. The molecule has 0 saturated heterocycles. The van der Waals surface area contributed by atoms with E-state index < -0.39 is 30.9 Å².